The Hall–Kier alpha value is -0.210. The van der Waals surface area contributed by atoms with Gasteiger partial charge in [-0.1, -0.05) is 0 Å². The van der Waals surface area contributed by atoms with Gasteiger partial charge in [0.05, 0.1) is 11.9 Å². The zero-order valence-electron chi connectivity index (χ0n) is 15.6. The van der Waals surface area contributed by atoms with Gasteiger partial charge in [-0.05, 0) is 52.6 Å². The van der Waals surface area contributed by atoms with Crippen LogP contribution in [-0.2, 0) is 10.0 Å². The van der Waals surface area contributed by atoms with Crippen molar-refractivity contribution < 1.29 is 8.42 Å². The van der Waals surface area contributed by atoms with E-state index in [9.17, 15) is 8.42 Å². The van der Waals surface area contributed by atoms with Gasteiger partial charge in [0.25, 0.3) is 0 Å². The Bertz CT molecular complexity index is 515. The van der Waals surface area contributed by atoms with E-state index >= 15 is 0 Å². The maximum absolute atomic E-state index is 11.6. The third kappa shape index (κ3) is 3.96. The zero-order chi connectivity index (χ0) is 17.4. The maximum Gasteiger partial charge on any atom is 0.211 e. The van der Waals surface area contributed by atoms with Gasteiger partial charge in [0, 0.05) is 45.3 Å². The van der Waals surface area contributed by atoms with E-state index in [1.807, 2.05) is 0 Å². The number of hydrogen-bond acceptors (Lipinski definition) is 5. The second-order valence-corrected chi connectivity index (χ2v) is 10.1. The number of piperidine rings is 1. The lowest BCUT2D eigenvalue weighted by Crippen LogP contribution is -2.62. The van der Waals surface area contributed by atoms with Crippen molar-refractivity contribution >= 4 is 10.0 Å². The second-order valence-electron chi connectivity index (χ2n) is 8.10. The molecule has 3 aliphatic rings. The molecule has 6 nitrogen and oxygen atoms in total. The summed E-state index contributed by atoms with van der Waals surface area (Å²) in [6.07, 6.45) is 5.95. The molecule has 3 aliphatic heterocycles. The molecule has 0 amide bonds. The van der Waals surface area contributed by atoms with Crippen LogP contribution in [0.15, 0.2) is 0 Å². The Kier molecular flexibility index (Phi) is 5.57. The van der Waals surface area contributed by atoms with Gasteiger partial charge in [-0.2, -0.15) is 0 Å². The third-order valence-corrected chi connectivity index (χ3v) is 7.68. The van der Waals surface area contributed by atoms with E-state index in [4.69, 9.17) is 0 Å². The van der Waals surface area contributed by atoms with Crippen molar-refractivity contribution in [3.63, 3.8) is 0 Å². The van der Waals surface area contributed by atoms with Crippen molar-refractivity contribution in [2.45, 2.75) is 51.2 Å². The van der Waals surface area contributed by atoms with Gasteiger partial charge < -0.3 is 0 Å². The molecule has 3 rings (SSSR count). The molecule has 140 valence electrons. The number of piperazine rings is 1. The summed E-state index contributed by atoms with van der Waals surface area (Å²) < 4.78 is 24.9. The molecule has 0 saturated carbocycles. The second kappa shape index (κ2) is 7.19. The lowest BCUT2D eigenvalue weighted by Gasteiger charge is -2.50. The summed E-state index contributed by atoms with van der Waals surface area (Å²) in [7, 11) is -3.02. The fraction of sp³-hybridized carbons (Fsp3) is 1.00. The first-order valence-corrected chi connectivity index (χ1v) is 11.3. The van der Waals surface area contributed by atoms with Gasteiger partial charge in [0.1, 0.15) is 0 Å². The van der Waals surface area contributed by atoms with Gasteiger partial charge in [0.15, 0.2) is 0 Å². The summed E-state index contributed by atoms with van der Waals surface area (Å²) in [5.74, 6) is 0. The van der Waals surface area contributed by atoms with E-state index in [1.165, 1.54) is 32.2 Å². The Morgan fingerprint density at radius 1 is 0.792 bits per heavy atom. The van der Waals surface area contributed by atoms with Crippen LogP contribution in [0.5, 0.6) is 0 Å². The van der Waals surface area contributed by atoms with Gasteiger partial charge >= 0.3 is 0 Å². The van der Waals surface area contributed by atoms with Crippen molar-refractivity contribution in [1.82, 2.24) is 19.0 Å². The fourth-order valence-electron chi connectivity index (χ4n) is 4.64. The predicted molar refractivity (Wildman–Crippen MR) is 97.5 cm³/mol. The minimum Gasteiger partial charge on any atom is -0.298 e. The predicted octanol–water partition coefficient (Wildman–Crippen LogP) is 0.860. The van der Waals surface area contributed by atoms with Crippen molar-refractivity contribution in [2.24, 2.45) is 0 Å². The van der Waals surface area contributed by atoms with Gasteiger partial charge in [-0.3, -0.25) is 14.7 Å². The molecule has 24 heavy (non-hydrogen) atoms. The number of rotatable bonds is 4. The highest BCUT2D eigenvalue weighted by molar-refractivity contribution is 7.88. The van der Waals surface area contributed by atoms with Crippen molar-refractivity contribution in [3.05, 3.63) is 0 Å². The zero-order valence-corrected chi connectivity index (χ0v) is 16.4. The van der Waals surface area contributed by atoms with Gasteiger partial charge in [0.2, 0.25) is 10.0 Å². The van der Waals surface area contributed by atoms with Crippen molar-refractivity contribution in [2.75, 3.05) is 58.6 Å². The Morgan fingerprint density at radius 3 is 1.79 bits per heavy atom. The molecule has 0 aromatic rings. The number of hydrogen-bond donors (Lipinski definition) is 0. The van der Waals surface area contributed by atoms with Crippen LogP contribution in [-0.4, -0.2) is 97.7 Å². The summed E-state index contributed by atoms with van der Waals surface area (Å²) in [6, 6.07) is 0.556. The van der Waals surface area contributed by atoms with E-state index in [2.05, 4.69) is 28.5 Å². The summed E-state index contributed by atoms with van der Waals surface area (Å²) >= 11 is 0. The Labute approximate surface area is 147 Å². The first-order valence-electron chi connectivity index (χ1n) is 9.48. The molecule has 3 fully saturated rings. The number of likely N-dealkylation sites (tertiary alicyclic amines) is 1. The topological polar surface area (TPSA) is 47.1 Å². The van der Waals surface area contributed by atoms with Crippen LogP contribution < -0.4 is 0 Å². The van der Waals surface area contributed by atoms with Gasteiger partial charge in [-0.15, -0.1) is 0 Å². The average molecular weight is 359 g/mol. The molecule has 0 unspecified atom stereocenters. The lowest BCUT2D eigenvalue weighted by molar-refractivity contribution is -0.0533. The first kappa shape index (κ1) is 18.6. The quantitative estimate of drug-likeness (QED) is 0.746. The summed E-state index contributed by atoms with van der Waals surface area (Å²) in [4.78, 5) is 7.86. The van der Waals surface area contributed by atoms with Crippen LogP contribution >= 0.6 is 0 Å². The molecule has 3 heterocycles. The van der Waals surface area contributed by atoms with E-state index in [0.29, 0.717) is 19.1 Å². The van der Waals surface area contributed by atoms with E-state index in [-0.39, 0.29) is 5.66 Å². The molecule has 0 radical (unpaired) electrons. The third-order valence-electron chi connectivity index (χ3n) is 6.38. The van der Waals surface area contributed by atoms with Crippen LogP contribution in [0.25, 0.3) is 0 Å². The van der Waals surface area contributed by atoms with Crippen LogP contribution in [0, 0.1) is 0 Å². The molecule has 0 bridgehead atoms. The molecule has 0 spiro atoms. The lowest BCUT2D eigenvalue weighted by atomic mass is 10.0. The molecule has 7 heteroatoms. The van der Waals surface area contributed by atoms with Crippen LogP contribution in [0.2, 0.25) is 0 Å². The maximum atomic E-state index is 11.6. The highest BCUT2D eigenvalue weighted by Gasteiger charge is 2.38. The standard InChI is InChI=1S/C17H34N4O2S/c1-17(2,19-8-4-5-9-19)20-14-12-18(13-15-20)16-6-10-21(11-7-16)24(3,22)23/h16H,4-15H2,1-3H3. The number of nitrogens with zero attached hydrogens (tertiary/aromatic N) is 4. The number of sulfonamides is 1. The Balaban J connectivity index is 1.49. The minimum absolute atomic E-state index is 0.169. The minimum atomic E-state index is -3.02. The van der Waals surface area contributed by atoms with Crippen LogP contribution in [0.1, 0.15) is 39.5 Å². The highest BCUT2D eigenvalue weighted by atomic mass is 32.2. The average Bonchev–Trinajstić information content (AvgIpc) is 3.10. The molecule has 0 aliphatic carbocycles. The largest absolute Gasteiger partial charge is 0.298 e. The normalized spacial score (nSPS) is 27.8. The first-order chi connectivity index (χ1) is 11.3. The summed E-state index contributed by atoms with van der Waals surface area (Å²) in [6.45, 7) is 13.0. The molecular formula is C17H34N4O2S. The smallest absolute Gasteiger partial charge is 0.211 e. The van der Waals surface area contributed by atoms with Crippen molar-refractivity contribution in [1.29, 1.82) is 0 Å². The Morgan fingerprint density at radius 2 is 1.29 bits per heavy atom. The molecule has 0 atom stereocenters. The summed E-state index contributed by atoms with van der Waals surface area (Å²) in [5.41, 5.74) is 0.169. The highest BCUT2D eigenvalue weighted by Crippen LogP contribution is 2.27. The van der Waals surface area contributed by atoms with Gasteiger partial charge in [-0.25, -0.2) is 12.7 Å². The molecule has 0 aromatic heterocycles. The van der Waals surface area contributed by atoms with Crippen LogP contribution in [0.4, 0.5) is 0 Å². The van der Waals surface area contributed by atoms with Crippen LogP contribution in [0.3, 0.4) is 0 Å². The molecule has 3 saturated heterocycles. The SMILES string of the molecule is CC(C)(N1CCCC1)N1CCN(C2CCN(S(C)(=O)=O)CC2)CC1. The molecule has 0 N–H and O–H groups in total. The molecule has 0 aromatic carbocycles. The van der Waals surface area contributed by atoms with E-state index in [0.717, 1.165) is 39.0 Å². The van der Waals surface area contributed by atoms with E-state index < -0.39 is 10.0 Å². The fourth-order valence-corrected chi connectivity index (χ4v) is 5.51. The van der Waals surface area contributed by atoms with Crippen molar-refractivity contribution in [3.8, 4) is 0 Å². The van der Waals surface area contributed by atoms with E-state index in [1.54, 1.807) is 4.31 Å². The monoisotopic (exact) mass is 358 g/mol. The molecular weight excluding hydrogens is 324 g/mol. The summed E-state index contributed by atoms with van der Waals surface area (Å²) in [5, 5.41) is 0.